The van der Waals surface area contributed by atoms with Crippen molar-refractivity contribution < 1.29 is 41.7 Å². The number of ether oxygens (including phenoxy) is 2. The van der Waals surface area contributed by atoms with E-state index in [2.05, 4.69) is 15.3 Å². The predicted molar refractivity (Wildman–Crippen MR) is 152 cm³/mol. The van der Waals surface area contributed by atoms with Crippen LogP contribution in [0.2, 0.25) is 0 Å². The molecule has 4 aromatic rings. The van der Waals surface area contributed by atoms with Crippen LogP contribution in [-0.2, 0) is 15.8 Å². The van der Waals surface area contributed by atoms with Crippen LogP contribution in [0.4, 0.5) is 17.6 Å². The minimum atomic E-state index is -5.36. The zero-order valence-electron chi connectivity index (χ0n) is 23.9. The largest absolute Gasteiger partial charge is 0.494 e. The summed E-state index contributed by atoms with van der Waals surface area (Å²) >= 11 is 0. The summed E-state index contributed by atoms with van der Waals surface area (Å²) in [6.07, 6.45) is -3.68. The minimum Gasteiger partial charge on any atom is -0.494 e. The molecule has 2 aromatic heterocycles. The van der Waals surface area contributed by atoms with Crippen LogP contribution < -0.4 is 20.5 Å². The van der Waals surface area contributed by atoms with Gasteiger partial charge in [-0.05, 0) is 67.4 Å². The number of aryl methyl sites for hydroxylation is 1. The predicted octanol–water partition coefficient (Wildman–Crippen LogP) is 4.46. The van der Waals surface area contributed by atoms with Crippen molar-refractivity contribution in [1.82, 2.24) is 15.3 Å². The number of carbonyl (C=O) groups is 2. The number of hydrogen-bond donors (Lipinski definition) is 3. The van der Waals surface area contributed by atoms with Crippen LogP contribution in [0.1, 0.15) is 40.5 Å². The van der Waals surface area contributed by atoms with Crippen LogP contribution in [0.25, 0.3) is 22.2 Å². The van der Waals surface area contributed by atoms with Crippen molar-refractivity contribution in [2.45, 2.75) is 37.5 Å². The Morgan fingerprint density at radius 1 is 1.16 bits per heavy atom. The van der Waals surface area contributed by atoms with E-state index in [0.717, 1.165) is 23.8 Å². The first kappa shape index (κ1) is 30.7. The standard InChI is InChI=1S/C31H28F4N4O5/c1-4-29(28(36)41)15-44-26-21(29)12-23(39-25(26)17-5-7-20(32)8-6-17)30(42,31(33,34)35)14-38-27(40)19-10-18-9-16(2)13-37-24(18)22(11-19)43-3/h5-13,42H,4,14-15H2,1-3H3,(H2,36,41)(H,38,40)/t29-,30?/m0/s1. The highest BCUT2D eigenvalue weighted by Crippen LogP contribution is 2.49. The number of hydrogen-bond acceptors (Lipinski definition) is 7. The van der Waals surface area contributed by atoms with E-state index in [1.165, 1.54) is 31.4 Å². The Labute approximate surface area is 249 Å². The van der Waals surface area contributed by atoms with Crippen LogP contribution in [0.5, 0.6) is 11.5 Å². The van der Waals surface area contributed by atoms with Crippen molar-refractivity contribution >= 4 is 22.7 Å². The van der Waals surface area contributed by atoms with Gasteiger partial charge < -0.3 is 25.6 Å². The van der Waals surface area contributed by atoms with Gasteiger partial charge in [-0.1, -0.05) is 6.92 Å². The number of aromatic nitrogens is 2. The molecule has 2 amide bonds. The summed E-state index contributed by atoms with van der Waals surface area (Å²) in [5.74, 6) is -2.17. The monoisotopic (exact) mass is 612 g/mol. The number of pyridine rings is 2. The molecule has 44 heavy (non-hydrogen) atoms. The van der Waals surface area contributed by atoms with Gasteiger partial charge in [0.25, 0.3) is 5.91 Å². The van der Waals surface area contributed by atoms with E-state index in [0.29, 0.717) is 10.9 Å². The van der Waals surface area contributed by atoms with E-state index < -0.39 is 47.1 Å². The fraction of sp³-hybridized carbons (Fsp3) is 0.290. The Bertz CT molecular complexity index is 1780. The van der Waals surface area contributed by atoms with Gasteiger partial charge in [-0.3, -0.25) is 14.6 Å². The molecule has 5 rings (SSSR count). The molecule has 0 spiro atoms. The van der Waals surface area contributed by atoms with E-state index in [1.54, 1.807) is 26.1 Å². The topological polar surface area (TPSA) is 137 Å². The van der Waals surface area contributed by atoms with E-state index in [9.17, 15) is 32.3 Å². The van der Waals surface area contributed by atoms with Crippen molar-refractivity contribution in [2.75, 3.05) is 20.3 Å². The maximum absolute atomic E-state index is 14.7. The Morgan fingerprint density at radius 2 is 1.86 bits per heavy atom. The lowest BCUT2D eigenvalue weighted by Crippen LogP contribution is -2.52. The summed E-state index contributed by atoms with van der Waals surface area (Å²) in [7, 11) is 1.37. The SMILES string of the molecule is CC[C@]1(C(N)=O)COc2c1cc(C(O)(CNC(=O)c1cc(OC)c3ncc(C)cc3c1)C(F)(F)F)nc2-c1ccc(F)cc1. The fourth-order valence-electron chi connectivity index (χ4n) is 5.25. The Hall–Kier alpha value is -4.78. The molecule has 3 heterocycles. The second-order valence-corrected chi connectivity index (χ2v) is 10.6. The number of alkyl halides is 3. The maximum atomic E-state index is 14.7. The molecular formula is C31H28F4N4O5. The molecular weight excluding hydrogens is 584 g/mol. The van der Waals surface area contributed by atoms with Crippen molar-refractivity contribution in [2.24, 2.45) is 5.73 Å². The van der Waals surface area contributed by atoms with Crippen LogP contribution >= 0.6 is 0 Å². The lowest BCUT2D eigenvalue weighted by Gasteiger charge is -2.32. The summed E-state index contributed by atoms with van der Waals surface area (Å²) in [4.78, 5) is 34.2. The Balaban J connectivity index is 1.61. The van der Waals surface area contributed by atoms with Gasteiger partial charge in [0.1, 0.15) is 40.5 Å². The van der Waals surface area contributed by atoms with E-state index in [-0.39, 0.29) is 46.9 Å². The lowest BCUT2D eigenvalue weighted by atomic mass is 9.78. The fourth-order valence-corrected chi connectivity index (χ4v) is 5.25. The van der Waals surface area contributed by atoms with Crippen molar-refractivity contribution in [3.63, 3.8) is 0 Å². The third-order valence-corrected chi connectivity index (χ3v) is 7.91. The molecule has 1 aliphatic heterocycles. The summed E-state index contributed by atoms with van der Waals surface area (Å²) in [6, 6.07) is 10.1. The number of aliphatic hydroxyl groups is 1. The number of primary amides is 1. The summed E-state index contributed by atoms with van der Waals surface area (Å²) in [6.45, 7) is 1.79. The highest BCUT2D eigenvalue weighted by molar-refractivity contribution is 6.00. The van der Waals surface area contributed by atoms with E-state index in [1.807, 2.05) is 0 Å². The molecule has 1 aliphatic rings. The van der Waals surface area contributed by atoms with Gasteiger partial charge in [-0.2, -0.15) is 13.2 Å². The second kappa shape index (κ2) is 11.1. The smallest absolute Gasteiger partial charge is 0.424 e. The van der Waals surface area contributed by atoms with E-state index >= 15 is 0 Å². The molecule has 0 saturated heterocycles. The van der Waals surface area contributed by atoms with Crippen molar-refractivity contribution in [3.05, 3.63) is 82.9 Å². The normalized spacial score (nSPS) is 17.5. The average molecular weight is 613 g/mol. The van der Waals surface area contributed by atoms with Crippen LogP contribution in [0, 0.1) is 12.7 Å². The van der Waals surface area contributed by atoms with Gasteiger partial charge in [0.05, 0.1) is 19.3 Å². The molecule has 2 atom stereocenters. The summed E-state index contributed by atoms with van der Waals surface area (Å²) in [5.41, 5.74) is 0.736. The average Bonchev–Trinajstić information content (AvgIpc) is 3.38. The zero-order chi connectivity index (χ0) is 32.0. The number of nitrogens with two attached hydrogens (primary N) is 1. The summed E-state index contributed by atoms with van der Waals surface area (Å²) < 4.78 is 69.0. The molecule has 9 nitrogen and oxygen atoms in total. The number of amides is 2. The first-order valence-corrected chi connectivity index (χ1v) is 13.5. The number of methoxy groups -OCH3 is 1. The molecule has 0 bridgehead atoms. The maximum Gasteiger partial charge on any atom is 0.424 e. The quantitative estimate of drug-likeness (QED) is 0.250. The zero-order valence-corrected chi connectivity index (χ0v) is 23.9. The first-order chi connectivity index (χ1) is 20.7. The minimum absolute atomic E-state index is 0.00652. The molecule has 2 aromatic carbocycles. The Morgan fingerprint density at radius 3 is 2.48 bits per heavy atom. The number of carbonyl (C=O) groups excluding carboxylic acids is 2. The molecule has 230 valence electrons. The van der Waals surface area contributed by atoms with Crippen LogP contribution in [-0.4, -0.2) is 53.3 Å². The van der Waals surface area contributed by atoms with Crippen LogP contribution in [0.15, 0.2) is 54.7 Å². The van der Waals surface area contributed by atoms with Gasteiger partial charge in [-0.25, -0.2) is 9.37 Å². The molecule has 0 aliphatic carbocycles. The van der Waals surface area contributed by atoms with Gasteiger partial charge >= 0.3 is 6.18 Å². The molecule has 4 N–H and O–H groups in total. The molecule has 0 radical (unpaired) electrons. The Kier molecular flexibility index (Phi) is 7.70. The third-order valence-electron chi connectivity index (χ3n) is 7.91. The van der Waals surface area contributed by atoms with E-state index in [4.69, 9.17) is 15.2 Å². The molecule has 1 unspecified atom stereocenters. The number of halogens is 4. The first-order valence-electron chi connectivity index (χ1n) is 13.5. The lowest BCUT2D eigenvalue weighted by molar-refractivity contribution is -0.265. The number of fused-ring (bicyclic) bond motifs is 2. The van der Waals surface area contributed by atoms with Crippen LogP contribution in [0.3, 0.4) is 0 Å². The number of benzene rings is 2. The highest BCUT2D eigenvalue weighted by atomic mass is 19.4. The summed E-state index contributed by atoms with van der Waals surface area (Å²) in [5, 5.41) is 14.0. The molecule has 0 saturated carbocycles. The number of nitrogens with zero attached hydrogens (tertiary/aromatic N) is 2. The van der Waals surface area contributed by atoms with Gasteiger partial charge in [0, 0.05) is 28.3 Å². The molecule has 0 fully saturated rings. The second-order valence-electron chi connectivity index (χ2n) is 10.6. The van der Waals surface area contributed by atoms with Gasteiger partial charge in [0.2, 0.25) is 11.5 Å². The number of rotatable bonds is 8. The van der Waals surface area contributed by atoms with Gasteiger partial charge in [0.15, 0.2) is 0 Å². The van der Waals surface area contributed by atoms with Gasteiger partial charge in [-0.15, -0.1) is 0 Å². The highest BCUT2D eigenvalue weighted by Gasteiger charge is 2.58. The third kappa shape index (κ3) is 5.06. The molecule has 13 heteroatoms. The van der Waals surface area contributed by atoms with Crippen molar-refractivity contribution in [1.29, 1.82) is 0 Å². The number of nitrogens with one attached hydrogen (secondary N) is 1. The van der Waals surface area contributed by atoms with Crippen molar-refractivity contribution in [3.8, 4) is 22.8 Å².